The number of nitrogens with zero attached hydrogens (tertiary/aromatic N) is 3. The minimum absolute atomic E-state index is 0.147. The first-order valence-electron chi connectivity index (χ1n) is 6.25. The van der Waals surface area contributed by atoms with Gasteiger partial charge in [0, 0.05) is 5.56 Å². The molecule has 0 aliphatic carbocycles. The molecule has 108 valence electrons. The van der Waals surface area contributed by atoms with Crippen molar-refractivity contribution in [1.29, 1.82) is 0 Å². The number of hydrogen-bond donors (Lipinski definition) is 0. The molecule has 22 heavy (non-hydrogen) atoms. The van der Waals surface area contributed by atoms with E-state index in [0.717, 1.165) is 16.9 Å². The number of fused-ring (bicyclic) bond motifs is 1. The van der Waals surface area contributed by atoms with Crippen molar-refractivity contribution < 1.29 is 14.3 Å². The van der Waals surface area contributed by atoms with Gasteiger partial charge in [-0.3, -0.25) is 0 Å². The van der Waals surface area contributed by atoms with Gasteiger partial charge in [-0.05, 0) is 0 Å². The third-order valence-electron chi connectivity index (χ3n) is 2.98. The lowest BCUT2D eigenvalue weighted by Gasteiger charge is -1.99. The number of methoxy groups -OCH3 is 1. The predicted octanol–water partition coefficient (Wildman–Crippen LogP) is 3.11. The van der Waals surface area contributed by atoms with Crippen molar-refractivity contribution in [3.05, 3.63) is 41.4 Å². The van der Waals surface area contributed by atoms with Crippen molar-refractivity contribution in [1.82, 2.24) is 9.97 Å². The third kappa shape index (κ3) is 2.39. The first-order chi connectivity index (χ1) is 10.7. The number of carbonyl (C=O) groups is 1. The zero-order chi connectivity index (χ0) is 15.5. The van der Waals surface area contributed by atoms with Crippen LogP contribution in [0.4, 0.5) is 5.69 Å². The van der Waals surface area contributed by atoms with Crippen LogP contribution in [0.3, 0.4) is 0 Å². The summed E-state index contributed by atoms with van der Waals surface area (Å²) in [6.07, 6.45) is 3.01. The smallest absolute Gasteiger partial charge is 0.350 e. The number of aromatic nitrogens is 2. The Balaban J connectivity index is 2.22. The summed E-state index contributed by atoms with van der Waals surface area (Å²) in [5.74, 6) is -0.583. The van der Waals surface area contributed by atoms with Gasteiger partial charge in [0.2, 0.25) is 6.08 Å². The molecular weight excluding hydrogens is 302 g/mol. The van der Waals surface area contributed by atoms with Crippen molar-refractivity contribution in [2.75, 3.05) is 7.11 Å². The zero-order valence-electron chi connectivity index (χ0n) is 11.4. The van der Waals surface area contributed by atoms with Gasteiger partial charge in [-0.2, -0.15) is 4.99 Å². The molecule has 0 aliphatic heterocycles. The lowest BCUT2D eigenvalue weighted by molar-refractivity contribution is 0.0607. The lowest BCUT2D eigenvalue weighted by atomic mass is 10.2. The molecular formula is C15H9N3O3S. The number of isocyanates is 1. The van der Waals surface area contributed by atoms with Crippen LogP contribution in [-0.2, 0) is 9.53 Å². The molecule has 0 unspecified atom stereocenters. The van der Waals surface area contributed by atoms with Crippen molar-refractivity contribution >= 4 is 39.4 Å². The van der Waals surface area contributed by atoms with E-state index in [4.69, 9.17) is 4.74 Å². The van der Waals surface area contributed by atoms with Crippen LogP contribution in [0.25, 0.3) is 21.6 Å². The molecule has 0 aliphatic rings. The molecule has 0 fully saturated rings. The standard InChI is InChI=1S/C15H9N3O3S/c1-21-15(20)13-11(17-8-19)12-14(22-13)18-10(7-16-12)9-5-3-2-4-6-9/h2-7H,1H3. The van der Waals surface area contributed by atoms with Gasteiger partial charge in [0.05, 0.1) is 19.0 Å². The van der Waals surface area contributed by atoms with E-state index < -0.39 is 5.97 Å². The maximum atomic E-state index is 11.8. The maximum Gasteiger partial charge on any atom is 0.350 e. The Morgan fingerprint density at radius 3 is 2.77 bits per heavy atom. The molecule has 0 bridgehead atoms. The second-order valence-corrected chi connectivity index (χ2v) is 5.25. The molecule has 6 nitrogen and oxygen atoms in total. The number of aliphatic imine (C=N–C) groups is 1. The molecule has 3 rings (SSSR count). The number of ether oxygens (including phenoxy) is 1. The second-order valence-electron chi connectivity index (χ2n) is 4.25. The molecule has 0 radical (unpaired) electrons. The van der Waals surface area contributed by atoms with Crippen LogP contribution in [0.2, 0.25) is 0 Å². The Morgan fingerprint density at radius 1 is 1.32 bits per heavy atom. The van der Waals surface area contributed by atoms with Crippen molar-refractivity contribution in [2.45, 2.75) is 0 Å². The van der Waals surface area contributed by atoms with Gasteiger partial charge in [0.15, 0.2) is 0 Å². The highest BCUT2D eigenvalue weighted by Crippen LogP contribution is 2.36. The van der Waals surface area contributed by atoms with Crippen LogP contribution in [0, 0.1) is 0 Å². The summed E-state index contributed by atoms with van der Waals surface area (Å²) < 4.78 is 4.69. The van der Waals surface area contributed by atoms with Gasteiger partial charge in [0.1, 0.15) is 20.9 Å². The molecule has 0 atom stereocenters. The summed E-state index contributed by atoms with van der Waals surface area (Å²) in [5, 5.41) is 0. The summed E-state index contributed by atoms with van der Waals surface area (Å²) in [6.45, 7) is 0. The van der Waals surface area contributed by atoms with Gasteiger partial charge in [-0.15, -0.1) is 11.3 Å². The fourth-order valence-electron chi connectivity index (χ4n) is 1.99. The average molecular weight is 311 g/mol. The summed E-state index contributed by atoms with van der Waals surface area (Å²) in [5.41, 5.74) is 2.11. The highest BCUT2D eigenvalue weighted by Gasteiger charge is 2.21. The fraction of sp³-hybridized carbons (Fsp3) is 0.0667. The first-order valence-corrected chi connectivity index (χ1v) is 7.07. The van der Waals surface area contributed by atoms with Crippen LogP contribution in [-0.4, -0.2) is 29.1 Å². The molecule has 0 N–H and O–H groups in total. The summed E-state index contributed by atoms with van der Waals surface area (Å²) in [6, 6.07) is 9.53. The van der Waals surface area contributed by atoms with E-state index in [1.165, 1.54) is 13.2 Å². The Hall–Kier alpha value is -2.89. The molecule has 0 saturated heterocycles. The van der Waals surface area contributed by atoms with E-state index in [2.05, 4.69) is 15.0 Å². The SMILES string of the molecule is COC(=O)c1sc2nc(-c3ccccc3)cnc2c1N=C=O. The Labute approximate surface area is 129 Å². The van der Waals surface area contributed by atoms with Gasteiger partial charge in [-0.25, -0.2) is 19.6 Å². The van der Waals surface area contributed by atoms with Crippen LogP contribution in [0.5, 0.6) is 0 Å². The van der Waals surface area contributed by atoms with Gasteiger partial charge < -0.3 is 4.74 Å². The van der Waals surface area contributed by atoms with Crippen LogP contribution >= 0.6 is 11.3 Å². The normalized spacial score (nSPS) is 10.2. The molecule has 1 aromatic carbocycles. The first kappa shape index (κ1) is 14.1. The summed E-state index contributed by atoms with van der Waals surface area (Å²) in [7, 11) is 1.26. The van der Waals surface area contributed by atoms with Crippen molar-refractivity contribution in [3.8, 4) is 11.3 Å². The number of rotatable bonds is 3. The topological polar surface area (TPSA) is 81.5 Å². The zero-order valence-corrected chi connectivity index (χ0v) is 12.3. The Morgan fingerprint density at radius 2 is 2.09 bits per heavy atom. The second kappa shape index (κ2) is 5.85. The summed E-state index contributed by atoms with van der Waals surface area (Å²) >= 11 is 1.08. The molecule has 0 saturated carbocycles. The van der Waals surface area contributed by atoms with Crippen LogP contribution < -0.4 is 0 Å². The van der Waals surface area contributed by atoms with E-state index in [1.807, 2.05) is 30.3 Å². The quantitative estimate of drug-likeness (QED) is 0.422. The maximum absolute atomic E-state index is 11.8. The molecule has 2 aromatic heterocycles. The van der Waals surface area contributed by atoms with Gasteiger partial charge in [0.25, 0.3) is 0 Å². The fourth-order valence-corrected chi connectivity index (χ4v) is 2.98. The Bertz CT molecular complexity index is 899. The average Bonchev–Trinajstić information content (AvgIpc) is 2.93. The van der Waals surface area contributed by atoms with E-state index in [0.29, 0.717) is 16.0 Å². The molecule has 2 heterocycles. The predicted molar refractivity (Wildman–Crippen MR) is 82.0 cm³/mol. The molecule has 0 amide bonds. The number of benzene rings is 1. The van der Waals surface area contributed by atoms with Gasteiger partial charge in [-0.1, -0.05) is 30.3 Å². The van der Waals surface area contributed by atoms with Gasteiger partial charge >= 0.3 is 5.97 Å². The lowest BCUT2D eigenvalue weighted by Crippen LogP contribution is -1.97. The van der Waals surface area contributed by atoms with Crippen LogP contribution in [0.15, 0.2) is 41.5 Å². The largest absolute Gasteiger partial charge is 0.465 e. The van der Waals surface area contributed by atoms with E-state index in [9.17, 15) is 9.59 Å². The Kier molecular flexibility index (Phi) is 3.74. The van der Waals surface area contributed by atoms with Crippen molar-refractivity contribution in [3.63, 3.8) is 0 Å². The number of carbonyl (C=O) groups excluding carboxylic acids is 2. The number of esters is 1. The highest BCUT2D eigenvalue weighted by atomic mass is 32.1. The van der Waals surface area contributed by atoms with Crippen LogP contribution in [0.1, 0.15) is 9.67 Å². The molecule has 3 aromatic rings. The minimum Gasteiger partial charge on any atom is -0.465 e. The number of thiophene rings is 1. The molecule has 0 spiro atoms. The van der Waals surface area contributed by atoms with E-state index in [1.54, 1.807) is 6.20 Å². The monoisotopic (exact) mass is 311 g/mol. The third-order valence-corrected chi connectivity index (χ3v) is 4.02. The van der Waals surface area contributed by atoms with E-state index >= 15 is 0 Å². The highest BCUT2D eigenvalue weighted by molar-refractivity contribution is 7.21. The van der Waals surface area contributed by atoms with Crippen molar-refractivity contribution in [2.24, 2.45) is 4.99 Å². The minimum atomic E-state index is -0.583. The number of hydrogen-bond acceptors (Lipinski definition) is 7. The molecule has 7 heteroatoms. The summed E-state index contributed by atoms with van der Waals surface area (Å²) in [4.78, 5) is 35.4. The van der Waals surface area contributed by atoms with E-state index in [-0.39, 0.29) is 10.6 Å².